The number of benzene rings is 9. The van der Waals surface area contributed by atoms with E-state index in [1.54, 1.807) is 0 Å². The molecule has 0 aliphatic rings. The van der Waals surface area contributed by atoms with Crippen LogP contribution < -0.4 is 4.90 Å². The SMILES string of the molecule is c1cc(-c2ccc3c(c2)sc2ccccc23)cc(N(c2ccccc2-c2cccc3ccccc23)c2ccccc2-c2cccc3sc4ccccc4c23)c1. The fourth-order valence-corrected chi connectivity index (χ4v) is 10.7. The van der Waals surface area contributed by atoms with Gasteiger partial charge < -0.3 is 4.90 Å². The molecular weight excluding hydrogens is 703 g/mol. The molecule has 0 unspecified atom stereocenters. The van der Waals surface area contributed by atoms with Crippen molar-refractivity contribution in [1.29, 1.82) is 0 Å². The Bertz CT molecular complexity index is 3230. The molecule has 0 fully saturated rings. The summed E-state index contributed by atoms with van der Waals surface area (Å²) in [5, 5.41) is 7.72. The average molecular weight is 736 g/mol. The molecule has 0 N–H and O–H groups in total. The van der Waals surface area contributed by atoms with Crippen molar-refractivity contribution in [3.8, 4) is 33.4 Å². The molecule has 258 valence electrons. The van der Waals surface area contributed by atoms with E-state index in [1.807, 2.05) is 22.7 Å². The molecule has 2 aromatic heterocycles. The van der Waals surface area contributed by atoms with Crippen molar-refractivity contribution >= 4 is 90.9 Å². The van der Waals surface area contributed by atoms with Crippen molar-refractivity contribution in [2.75, 3.05) is 4.90 Å². The van der Waals surface area contributed by atoms with Gasteiger partial charge in [-0.1, -0.05) is 152 Å². The molecule has 11 rings (SSSR count). The molecule has 11 aromatic rings. The Morgan fingerprint density at radius 2 is 0.836 bits per heavy atom. The summed E-state index contributed by atoms with van der Waals surface area (Å²) in [4.78, 5) is 2.49. The van der Waals surface area contributed by atoms with E-state index in [9.17, 15) is 0 Å². The van der Waals surface area contributed by atoms with Crippen LogP contribution in [0.2, 0.25) is 0 Å². The minimum Gasteiger partial charge on any atom is -0.309 e. The predicted octanol–water partition coefficient (Wildman–Crippen LogP) is 16.0. The number of nitrogens with zero attached hydrogens (tertiary/aromatic N) is 1. The number of anilines is 3. The summed E-state index contributed by atoms with van der Waals surface area (Å²) in [5.41, 5.74) is 10.6. The largest absolute Gasteiger partial charge is 0.309 e. The predicted molar refractivity (Wildman–Crippen MR) is 241 cm³/mol. The van der Waals surface area contributed by atoms with Crippen molar-refractivity contribution < 1.29 is 0 Å². The lowest BCUT2D eigenvalue weighted by atomic mass is 9.94. The van der Waals surface area contributed by atoms with Gasteiger partial charge in [0.1, 0.15) is 0 Å². The van der Waals surface area contributed by atoms with E-state index in [4.69, 9.17) is 0 Å². The van der Waals surface area contributed by atoms with Crippen LogP contribution in [-0.2, 0) is 0 Å². The van der Waals surface area contributed by atoms with Crippen LogP contribution in [0, 0.1) is 0 Å². The molecule has 0 aliphatic carbocycles. The first-order chi connectivity index (χ1) is 27.3. The van der Waals surface area contributed by atoms with Crippen LogP contribution in [0.3, 0.4) is 0 Å². The van der Waals surface area contributed by atoms with Gasteiger partial charge in [0, 0.05) is 57.2 Å². The molecule has 55 heavy (non-hydrogen) atoms. The molecule has 0 saturated carbocycles. The van der Waals surface area contributed by atoms with Crippen molar-refractivity contribution in [2.24, 2.45) is 0 Å². The Labute approximate surface area is 327 Å². The molecule has 0 amide bonds. The summed E-state index contributed by atoms with van der Waals surface area (Å²) < 4.78 is 5.24. The van der Waals surface area contributed by atoms with Gasteiger partial charge in [-0.2, -0.15) is 0 Å². The van der Waals surface area contributed by atoms with Gasteiger partial charge in [-0.15, -0.1) is 22.7 Å². The lowest BCUT2D eigenvalue weighted by Gasteiger charge is -2.30. The highest BCUT2D eigenvalue weighted by molar-refractivity contribution is 7.26. The number of hydrogen-bond donors (Lipinski definition) is 0. The third-order valence-electron chi connectivity index (χ3n) is 10.9. The van der Waals surface area contributed by atoms with Crippen molar-refractivity contribution in [3.05, 3.63) is 200 Å². The van der Waals surface area contributed by atoms with Gasteiger partial charge in [0.2, 0.25) is 0 Å². The molecule has 9 aromatic carbocycles. The van der Waals surface area contributed by atoms with Crippen LogP contribution in [0.25, 0.3) is 84.5 Å². The zero-order valence-corrected chi connectivity index (χ0v) is 31.4. The zero-order chi connectivity index (χ0) is 36.3. The minimum absolute atomic E-state index is 1.11. The first-order valence-corrected chi connectivity index (χ1v) is 20.3. The van der Waals surface area contributed by atoms with Crippen LogP contribution in [-0.4, -0.2) is 0 Å². The molecule has 1 nitrogen and oxygen atoms in total. The van der Waals surface area contributed by atoms with Gasteiger partial charge in [-0.05, 0) is 81.6 Å². The molecule has 3 heteroatoms. The summed E-state index contributed by atoms with van der Waals surface area (Å²) in [7, 11) is 0. The average Bonchev–Trinajstić information content (AvgIpc) is 3.82. The molecule has 0 saturated heterocycles. The second kappa shape index (κ2) is 13.1. The molecular formula is C52H33NS2. The van der Waals surface area contributed by atoms with E-state index >= 15 is 0 Å². The highest BCUT2D eigenvalue weighted by Gasteiger charge is 2.23. The van der Waals surface area contributed by atoms with E-state index < -0.39 is 0 Å². The normalized spacial score (nSPS) is 11.6. The third kappa shape index (κ3) is 5.35. The maximum absolute atomic E-state index is 2.49. The molecule has 0 spiro atoms. The highest BCUT2D eigenvalue weighted by atomic mass is 32.1. The summed E-state index contributed by atoms with van der Waals surface area (Å²) in [6, 6.07) is 73.5. The topological polar surface area (TPSA) is 3.24 Å². The summed E-state index contributed by atoms with van der Waals surface area (Å²) >= 11 is 3.73. The first-order valence-electron chi connectivity index (χ1n) is 18.7. The van der Waals surface area contributed by atoms with Gasteiger partial charge >= 0.3 is 0 Å². The Hall–Kier alpha value is -6.52. The second-order valence-corrected chi connectivity index (χ2v) is 16.2. The van der Waals surface area contributed by atoms with Gasteiger partial charge in [0.15, 0.2) is 0 Å². The minimum atomic E-state index is 1.11. The Kier molecular flexibility index (Phi) is 7.61. The van der Waals surface area contributed by atoms with E-state index in [-0.39, 0.29) is 0 Å². The lowest BCUT2D eigenvalue weighted by Crippen LogP contribution is -2.12. The summed E-state index contributed by atoms with van der Waals surface area (Å²) in [6.45, 7) is 0. The van der Waals surface area contributed by atoms with Crippen LogP contribution in [0.1, 0.15) is 0 Å². The first kappa shape index (κ1) is 32.0. The molecule has 0 radical (unpaired) electrons. The molecule has 0 atom stereocenters. The highest BCUT2D eigenvalue weighted by Crippen LogP contribution is 2.49. The number of rotatable bonds is 6. The number of para-hydroxylation sites is 2. The smallest absolute Gasteiger partial charge is 0.0540 e. The third-order valence-corrected chi connectivity index (χ3v) is 13.1. The fourth-order valence-electron chi connectivity index (χ4n) is 8.39. The van der Waals surface area contributed by atoms with E-state index in [1.165, 1.54) is 84.5 Å². The van der Waals surface area contributed by atoms with Gasteiger partial charge in [-0.25, -0.2) is 0 Å². The van der Waals surface area contributed by atoms with Gasteiger partial charge in [0.05, 0.1) is 11.4 Å². The van der Waals surface area contributed by atoms with Crippen LogP contribution in [0.4, 0.5) is 17.1 Å². The quantitative estimate of drug-likeness (QED) is 0.164. The lowest BCUT2D eigenvalue weighted by molar-refractivity contribution is 1.29. The Morgan fingerprint density at radius 1 is 0.309 bits per heavy atom. The molecule has 0 bridgehead atoms. The monoisotopic (exact) mass is 735 g/mol. The van der Waals surface area contributed by atoms with Gasteiger partial charge in [0.25, 0.3) is 0 Å². The van der Waals surface area contributed by atoms with Crippen molar-refractivity contribution in [3.63, 3.8) is 0 Å². The van der Waals surface area contributed by atoms with Crippen molar-refractivity contribution in [2.45, 2.75) is 0 Å². The number of thiophene rings is 2. The summed E-state index contributed by atoms with van der Waals surface area (Å²) in [5.74, 6) is 0. The van der Waals surface area contributed by atoms with E-state index in [0.29, 0.717) is 0 Å². The Balaban J connectivity index is 1.16. The second-order valence-electron chi connectivity index (χ2n) is 14.0. The molecule has 0 aliphatic heterocycles. The summed E-state index contributed by atoms with van der Waals surface area (Å²) in [6.07, 6.45) is 0. The van der Waals surface area contributed by atoms with Gasteiger partial charge in [-0.3, -0.25) is 0 Å². The maximum atomic E-state index is 2.49. The molecule has 2 heterocycles. The number of hydrogen-bond acceptors (Lipinski definition) is 3. The van der Waals surface area contributed by atoms with Crippen LogP contribution in [0.15, 0.2) is 200 Å². The number of fused-ring (bicyclic) bond motifs is 7. The zero-order valence-electron chi connectivity index (χ0n) is 29.8. The van der Waals surface area contributed by atoms with Crippen LogP contribution in [0.5, 0.6) is 0 Å². The van der Waals surface area contributed by atoms with Crippen molar-refractivity contribution in [1.82, 2.24) is 0 Å². The Morgan fingerprint density at radius 3 is 1.67 bits per heavy atom. The van der Waals surface area contributed by atoms with E-state index in [2.05, 4.69) is 205 Å². The van der Waals surface area contributed by atoms with E-state index in [0.717, 1.165) is 17.1 Å². The van der Waals surface area contributed by atoms with Crippen LogP contribution >= 0.6 is 22.7 Å². The standard InChI is InChI=1S/C52H33NS2/c1-2-18-38-34(14-1)15-12-23-39(38)40-19-3-7-25-46(40)53(37-17-11-16-35(32-37)36-30-31-43-42-21-5-9-27-48(42)55-51(43)33-36)47-26-8-4-20-41(47)44-24-13-29-50-52(44)45-22-6-10-28-49(45)54-50/h1-33H. The fraction of sp³-hybridized carbons (Fsp3) is 0. The maximum Gasteiger partial charge on any atom is 0.0540 e.